The molecule has 0 atom stereocenters. The largest absolute Gasteiger partial charge is 0.416 e. The maximum absolute atomic E-state index is 12.7. The molecule has 2 aromatic carbocycles. The molecule has 1 heterocycles. The number of halogens is 3. The van der Waals surface area contributed by atoms with Gasteiger partial charge in [-0.05, 0) is 44.2 Å². The van der Waals surface area contributed by atoms with Crippen molar-refractivity contribution >= 4 is 28.8 Å². The van der Waals surface area contributed by atoms with Crippen LogP contribution < -0.4 is 5.32 Å². The number of hydrogen-bond acceptors (Lipinski definition) is 4. The van der Waals surface area contributed by atoms with Gasteiger partial charge >= 0.3 is 6.18 Å². The monoisotopic (exact) mass is 461 g/mol. The standard InChI is InChI=1S/C23H22F3N3O2S/c1-3-29(4-2)22(31)16-6-5-7-18(12-16)27-20(30)13-19-14-32-21(28-19)15-8-10-17(11-9-15)23(24,25)26/h5-12,14H,3-4,13H2,1-2H3,(H,27,30). The lowest BCUT2D eigenvalue weighted by atomic mass is 10.1. The van der Waals surface area contributed by atoms with E-state index in [1.54, 1.807) is 34.5 Å². The van der Waals surface area contributed by atoms with E-state index >= 15 is 0 Å². The fourth-order valence-electron chi connectivity index (χ4n) is 3.12. The third-order valence-corrected chi connectivity index (χ3v) is 5.74. The van der Waals surface area contributed by atoms with E-state index in [0.29, 0.717) is 40.6 Å². The molecule has 0 spiro atoms. The molecule has 32 heavy (non-hydrogen) atoms. The highest BCUT2D eigenvalue weighted by Crippen LogP contribution is 2.31. The van der Waals surface area contributed by atoms with E-state index in [1.807, 2.05) is 13.8 Å². The van der Waals surface area contributed by atoms with E-state index in [0.717, 1.165) is 12.1 Å². The van der Waals surface area contributed by atoms with Gasteiger partial charge in [0.15, 0.2) is 0 Å². The summed E-state index contributed by atoms with van der Waals surface area (Å²) in [4.78, 5) is 31.0. The predicted molar refractivity (Wildman–Crippen MR) is 119 cm³/mol. The van der Waals surface area contributed by atoms with Crippen molar-refractivity contribution in [3.63, 3.8) is 0 Å². The quantitative estimate of drug-likeness (QED) is 0.506. The highest BCUT2D eigenvalue weighted by atomic mass is 32.1. The molecule has 0 saturated heterocycles. The Morgan fingerprint density at radius 2 is 1.75 bits per heavy atom. The number of nitrogens with zero attached hydrogens (tertiary/aromatic N) is 2. The van der Waals surface area contributed by atoms with Crippen LogP contribution in [0.25, 0.3) is 10.6 Å². The van der Waals surface area contributed by atoms with Gasteiger partial charge in [-0.25, -0.2) is 4.98 Å². The summed E-state index contributed by atoms with van der Waals surface area (Å²) in [5, 5.41) is 5.00. The van der Waals surface area contributed by atoms with Gasteiger partial charge in [0, 0.05) is 35.3 Å². The van der Waals surface area contributed by atoms with Crippen LogP contribution in [0.5, 0.6) is 0 Å². The van der Waals surface area contributed by atoms with E-state index in [4.69, 9.17) is 0 Å². The average Bonchev–Trinajstić information content (AvgIpc) is 3.22. The van der Waals surface area contributed by atoms with Gasteiger partial charge in [-0.1, -0.05) is 18.2 Å². The minimum absolute atomic E-state index is 0.00531. The van der Waals surface area contributed by atoms with E-state index in [1.165, 1.54) is 23.5 Å². The fourth-order valence-corrected chi connectivity index (χ4v) is 3.94. The van der Waals surface area contributed by atoms with Crippen molar-refractivity contribution < 1.29 is 22.8 Å². The summed E-state index contributed by atoms with van der Waals surface area (Å²) >= 11 is 1.26. The summed E-state index contributed by atoms with van der Waals surface area (Å²) in [5.41, 5.74) is 1.34. The molecule has 2 amide bonds. The van der Waals surface area contributed by atoms with Crippen LogP contribution in [0.1, 0.15) is 35.5 Å². The highest BCUT2D eigenvalue weighted by Gasteiger charge is 2.30. The molecule has 5 nitrogen and oxygen atoms in total. The number of benzene rings is 2. The van der Waals surface area contributed by atoms with E-state index < -0.39 is 11.7 Å². The first-order chi connectivity index (χ1) is 15.2. The molecule has 3 rings (SSSR count). The maximum Gasteiger partial charge on any atom is 0.416 e. The SMILES string of the molecule is CCN(CC)C(=O)c1cccc(NC(=O)Cc2csc(-c3ccc(C(F)(F)F)cc3)n2)c1. The van der Waals surface area contributed by atoms with E-state index in [-0.39, 0.29) is 18.2 Å². The Kier molecular flexibility index (Phi) is 7.29. The summed E-state index contributed by atoms with van der Waals surface area (Å²) in [7, 11) is 0. The van der Waals surface area contributed by atoms with Crippen molar-refractivity contribution in [2.75, 3.05) is 18.4 Å². The van der Waals surface area contributed by atoms with Crippen molar-refractivity contribution in [3.8, 4) is 10.6 Å². The van der Waals surface area contributed by atoms with Gasteiger partial charge < -0.3 is 10.2 Å². The number of hydrogen-bond donors (Lipinski definition) is 1. The topological polar surface area (TPSA) is 62.3 Å². The van der Waals surface area contributed by atoms with Crippen LogP contribution in [-0.4, -0.2) is 34.8 Å². The number of carbonyl (C=O) groups is 2. The second-order valence-corrected chi connectivity index (χ2v) is 7.86. The molecule has 1 aromatic heterocycles. The lowest BCUT2D eigenvalue weighted by molar-refractivity contribution is -0.137. The van der Waals surface area contributed by atoms with Gasteiger partial charge in [0.05, 0.1) is 17.7 Å². The Balaban J connectivity index is 1.65. The second kappa shape index (κ2) is 9.95. The van der Waals surface area contributed by atoms with Crippen LogP contribution in [0.3, 0.4) is 0 Å². The molecule has 0 aliphatic carbocycles. The molecule has 9 heteroatoms. The lowest BCUT2D eigenvalue weighted by Gasteiger charge is -2.19. The molecule has 0 saturated carbocycles. The number of anilines is 1. The third-order valence-electron chi connectivity index (χ3n) is 4.80. The zero-order valence-electron chi connectivity index (χ0n) is 17.6. The minimum atomic E-state index is -4.39. The fraction of sp³-hybridized carbons (Fsp3) is 0.261. The molecule has 0 unspecified atom stereocenters. The Labute approximate surface area is 187 Å². The first kappa shape index (κ1) is 23.5. The Bertz CT molecular complexity index is 1090. The molecule has 0 radical (unpaired) electrons. The smallest absolute Gasteiger partial charge is 0.339 e. The van der Waals surface area contributed by atoms with Crippen LogP contribution in [0.2, 0.25) is 0 Å². The molecule has 0 aliphatic heterocycles. The summed E-state index contributed by atoms with van der Waals surface area (Å²) in [6.07, 6.45) is -4.39. The van der Waals surface area contributed by atoms with Gasteiger partial charge in [-0.15, -0.1) is 11.3 Å². The zero-order valence-corrected chi connectivity index (χ0v) is 18.4. The summed E-state index contributed by atoms with van der Waals surface area (Å²) in [6.45, 7) is 4.99. The van der Waals surface area contributed by atoms with E-state index in [2.05, 4.69) is 10.3 Å². The van der Waals surface area contributed by atoms with Crippen molar-refractivity contribution in [2.45, 2.75) is 26.4 Å². The van der Waals surface area contributed by atoms with Crippen LogP contribution in [0.15, 0.2) is 53.9 Å². The number of alkyl halides is 3. The van der Waals surface area contributed by atoms with Crippen molar-refractivity contribution in [3.05, 3.63) is 70.7 Å². The molecule has 3 aromatic rings. The molecule has 1 N–H and O–H groups in total. The Hall–Kier alpha value is -3.20. The number of nitrogens with one attached hydrogen (secondary N) is 1. The first-order valence-corrected chi connectivity index (χ1v) is 10.9. The number of thiazole rings is 1. The molecule has 168 valence electrons. The average molecular weight is 462 g/mol. The molecular formula is C23H22F3N3O2S. The van der Waals surface area contributed by atoms with E-state index in [9.17, 15) is 22.8 Å². The summed E-state index contributed by atoms with van der Waals surface area (Å²) in [6, 6.07) is 11.5. The van der Waals surface area contributed by atoms with Gasteiger partial charge in [0.2, 0.25) is 5.91 Å². The molecule has 0 aliphatic rings. The first-order valence-electron chi connectivity index (χ1n) is 10.0. The normalized spacial score (nSPS) is 11.3. The molecule has 0 fully saturated rings. The van der Waals surface area contributed by atoms with Crippen molar-refractivity contribution in [1.29, 1.82) is 0 Å². The molecule has 0 bridgehead atoms. The van der Waals surface area contributed by atoms with Gasteiger partial charge in [0.25, 0.3) is 5.91 Å². The van der Waals surface area contributed by atoms with Crippen LogP contribution in [0, 0.1) is 0 Å². The lowest BCUT2D eigenvalue weighted by Crippen LogP contribution is -2.30. The predicted octanol–water partition coefficient (Wildman–Crippen LogP) is 5.49. The Morgan fingerprint density at radius 1 is 1.06 bits per heavy atom. The van der Waals surface area contributed by atoms with Crippen LogP contribution in [0.4, 0.5) is 18.9 Å². The Morgan fingerprint density at radius 3 is 2.38 bits per heavy atom. The van der Waals surface area contributed by atoms with Gasteiger partial charge in [0.1, 0.15) is 5.01 Å². The van der Waals surface area contributed by atoms with Crippen LogP contribution in [-0.2, 0) is 17.4 Å². The van der Waals surface area contributed by atoms with Crippen LogP contribution >= 0.6 is 11.3 Å². The number of rotatable bonds is 7. The van der Waals surface area contributed by atoms with Crippen molar-refractivity contribution in [2.24, 2.45) is 0 Å². The number of aromatic nitrogens is 1. The summed E-state index contributed by atoms with van der Waals surface area (Å²) < 4.78 is 38.1. The summed E-state index contributed by atoms with van der Waals surface area (Å²) in [5.74, 6) is -0.409. The number of amides is 2. The zero-order chi connectivity index (χ0) is 23.3. The highest BCUT2D eigenvalue weighted by molar-refractivity contribution is 7.13. The van der Waals surface area contributed by atoms with Gasteiger partial charge in [-0.3, -0.25) is 9.59 Å². The van der Waals surface area contributed by atoms with Crippen molar-refractivity contribution in [1.82, 2.24) is 9.88 Å². The minimum Gasteiger partial charge on any atom is -0.339 e. The molecular weight excluding hydrogens is 439 g/mol. The second-order valence-electron chi connectivity index (χ2n) is 7.00. The third kappa shape index (κ3) is 5.73. The van der Waals surface area contributed by atoms with Gasteiger partial charge in [-0.2, -0.15) is 13.2 Å². The number of carbonyl (C=O) groups excluding carboxylic acids is 2. The maximum atomic E-state index is 12.7.